The molecule has 0 amide bonds. The second kappa shape index (κ2) is 6.48. The van der Waals surface area contributed by atoms with Crippen molar-refractivity contribution in [2.75, 3.05) is 27.4 Å². The lowest BCUT2D eigenvalue weighted by Crippen LogP contribution is -2.35. The van der Waals surface area contributed by atoms with E-state index in [1.165, 1.54) is 25.1 Å². The van der Waals surface area contributed by atoms with Crippen LogP contribution < -0.4 is 4.72 Å². The smallest absolute Gasteiger partial charge is 0.261 e. The van der Waals surface area contributed by atoms with E-state index in [2.05, 4.69) is 9.71 Å². The predicted molar refractivity (Wildman–Crippen MR) is 66.1 cm³/mol. The summed E-state index contributed by atoms with van der Waals surface area (Å²) in [4.78, 5) is 3.75. The van der Waals surface area contributed by atoms with Crippen molar-refractivity contribution in [2.45, 2.75) is 11.1 Å². The summed E-state index contributed by atoms with van der Waals surface area (Å²) < 4.78 is 37.6. The molecule has 1 heterocycles. The predicted octanol–water partition coefficient (Wildman–Crippen LogP) is 0.0132. The molecule has 1 unspecified atom stereocenters. The SMILES string of the molecule is COCC(CNS(=O)(=O)c1ncn(C)c1Cl)OC. The van der Waals surface area contributed by atoms with E-state index in [0.29, 0.717) is 0 Å². The second-order valence-electron chi connectivity index (χ2n) is 3.62. The largest absolute Gasteiger partial charge is 0.382 e. The number of rotatable bonds is 7. The molecule has 0 saturated carbocycles. The molecule has 0 radical (unpaired) electrons. The van der Waals surface area contributed by atoms with Crippen LogP contribution in [0.25, 0.3) is 0 Å². The second-order valence-corrected chi connectivity index (χ2v) is 5.66. The van der Waals surface area contributed by atoms with Gasteiger partial charge in [0.1, 0.15) is 5.15 Å². The van der Waals surface area contributed by atoms with Crippen molar-refractivity contribution in [1.29, 1.82) is 0 Å². The molecule has 7 nitrogen and oxygen atoms in total. The van der Waals surface area contributed by atoms with Gasteiger partial charge in [0.2, 0.25) is 5.03 Å². The Morgan fingerprint density at radius 1 is 1.56 bits per heavy atom. The molecule has 18 heavy (non-hydrogen) atoms. The molecule has 0 saturated heterocycles. The number of nitrogens with one attached hydrogen (secondary N) is 1. The summed E-state index contributed by atoms with van der Waals surface area (Å²) in [7, 11) is 0.853. The van der Waals surface area contributed by atoms with Gasteiger partial charge in [-0.2, -0.15) is 0 Å². The summed E-state index contributed by atoms with van der Waals surface area (Å²) in [5.41, 5.74) is 0. The number of sulfonamides is 1. The highest BCUT2D eigenvalue weighted by Gasteiger charge is 2.23. The Labute approximate surface area is 111 Å². The molecule has 0 fully saturated rings. The van der Waals surface area contributed by atoms with E-state index < -0.39 is 10.0 Å². The van der Waals surface area contributed by atoms with Gasteiger partial charge in [0.15, 0.2) is 0 Å². The van der Waals surface area contributed by atoms with Gasteiger partial charge in [-0.05, 0) is 0 Å². The molecule has 1 atom stereocenters. The first-order valence-corrected chi connectivity index (χ1v) is 6.96. The van der Waals surface area contributed by atoms with Crippen LogP contribution in [0.2, 0.25) is 5.15 Å². The van der Waals surface area contributed by atoms with Crippen LogP contribution in [0.5, 0.6) is 0 Å². The van der Waals surface area contributed by atoms with Gasteiger partial charge in [-0.3, -0.25) is 0 Å². The van der Waals surface area contributed by atoms with Crippen LogP contribution in [0.3, 0.4) is 0 Å². The molecule has 1 aromatic rings. The average molecular weight is 298 g/mol. The summed E-state index contributed by atoms with van der Waals surface area (Å²) in [6.45, 7) is 0.370. The fourth-order valence-corrected chi connectivity index (χ4v) is 2.73. The third-order valence-electron chi connectivity index (χ3n) is 2.28. The molecular weight excluding hydrogens is 282 g/mol. The van der Waals surface area contributed by atoms with E-state index in [1.807, 2.05) is 0 Å². The van der Waals surface area contributed by atoms with Gasteiger partial charge in [0.25, 0.3) is 10.0 Å². The molecule has 1 aromatic heterocycles. The third-order valence-corrected chi connectivity index (χ3v) is 4.19. The van der Waals surface area contributed by atoms with Crippen molar-refractivity contribution < 1.29 is 17.9 Å². The van der Waals surface area contributed by atoms with E-state index in [9.17, 15) is 8.42 Å². The van der Waals surface area contributed by atoms with Gasteiger partial charge >= 0.3 is 0 Å². The molecule has 104 valence electrons. The summed E-state index contributed by atoms with van der Waals surface area (Å²) in [6.07, 6.45) is 0.965. The van der Waals surface area contributed by atoms with Crippen molar-refractivity contribution in [3.8, 4) is 0 Å². The molecule has 0 spiro atoms. The Kier molecular flexibility index (Phi) is 5.54. The standard InChI is InChI=1S/C9H16ClN3O4S/c1-13-6-11-9(8(13)10)18(14,15)12-4-7(17-3)5-16-2/h6-7,12H,4-5H2,1-3H3. The third kappa shape index (κ3) is 3.66. The Morgan fingerprint density at radius 3 is 2.67 bits per heavy atom. The Morgan fingerprint density at radius 2 is 2.22 bits per heavy atom. The molecule has 0 aliphatic heterocycles. The van der Waals surface area contributed by atoms with Gasteiger partial charge in [-0.1, -0.05) is 11.6 Å². The Hall–Kier alpha value is -0.670. The van der Waals surface area contributed by atoms with Crippen LogP contribution in [-0.2, 0) is 26.5 Å². The molecule has 1 N–H and O–H groups in total. The summed E-state index contributed by atoms with van der Waals surface area (Å²) in [5.74, 6) is 0. The van der Waals surface area contributed by atoms with E-state index in [1.54, 1.807) is 7.05 Å². The van der Waals surface area contributed by atoms with E-state index in [4.69, 9.17) is 21.1 Å². The van der Waals surface area contributed by atoms with Crippen molar-refractivity contribution in [3.05, 3.63) is 11.5 Å². The fourth-order valence-electron chi connectivity index (χ4n) is 1.24. The first-order chi connectivity index (χ1) is 8.42. The number of nitrogens with zero attached hydrogens (tertiary/aromatic N) is 2. The van der Waals surface area contributed by atoms with Crippen LogP contribution in [0.1, 0.15) is 0 Å². The Bertz CT molecular complexity index is 488. The fraction of sp³-hybridized carbons (Fsp3) is 0.667. The first-order valence-electron chi connectivity index (χ1n) is 5.10. The lowest BCUT2D eigenvalue weighted by Gasteiger charge is -2.14. The number of halogens is 1. The van der Waals surface area contributed by atoms with E-state index >= 15 is 0 Å². The number of imidazole rings is 1. The number of hydrogen-bond acceptors (Lipinski definition) is 5. The van der Waals surface area contributed by atoms with Crippen molar-refractivity contribution in [2.24, 2.45) is 7.05 Å². The van der Waals surface area contributed by atoms with Gasteiger partial charge in [0.05, 0.1) is 19.0 Å². The van der Waals surface area contributed by atoms with Crippen LogP contribution in [0, 0.1) is 0 Å². The van der Waals surface area contributed by atoms with Gasteiger partial charge in [-0.15, -0.1) is 0 Å². The average Bonchev–Trinajstić information content (AvgIpc) is 2.66. The summed E-state index contributed by atoms with van der Waals surface area (Å²) in [5, 5.41) is -0.137. The molecule has 0 aliphatic carbocycles. The van der Waals surface area contributed by atoms with Gasteiger partial charge in [-0.25, -0.2) is 18.1 Å². The highest BCUT2D eigenvalue weighted by atomic mass is 35.5. The van der Waals surface area contributed by atoms with Crippen molar-refractivity contribution in [1.82, 2.24) is 14.3 Å². The molecule has 1 rings (SSSR count). The van der Waals surface area contributed by atoms with Gasteiger partial charge in [0, 0.05) is 27.8 Å². The zero-order chi connectivity index (χ0) is 13.8. The van der Waals surface area contributed by atoms with Crippen LogP contribution in [-0.4, -0.2) is 51.4 Å². The maximum absolute atomic E-state index is 11.9. The van der Waals surface area contributed by atoms with Crippen LogP contribution >= 0.6 is 11.6 Å². The summed E-state index contributed by atoms with van der Waals surface area (Å²) >= 11 is 5.83. The lowest BCUT2D eigenvalue weighted by molar-refractivity contribution is 0.0320. The van der Waals surface area contributed by atoms with Gasteiger partial charge < -0.3 is 14.0 Å². The minimum absolute atomic E-state index is 0.0585. The number of aryl methyl sites for hydroxylation is 1. The molecule has 0 bridgehead atoms. The molecule has 9 heteroatoms. The van der Waals surface area contributed by atoms with Crippen molar-refractivity contribution >= 4 is 21.6 Å². The maximum atomic E-state index is 11.9. The minimum Gasteiger partial charge on any atom is -0.382 e. The number of aromatic nitrogens is 2. The van der Waals surface area contributed by atoms with Crippen molar-refractivity contribution in [3.63, 3.8) is 0 Å². The number of methoxy groups -OCH3 is 2. The topological polar surface area (TPSA) is 82.5 Å². The zero-order valence-corrected chi connectivity index (χ0v) is 12.0. The quantitative estimate of drug-likeness (QED) is 0.767. The minimum atomic E-state index is -3.74. The highest BCUT2D eigenvalue weighted by molar-refractivity contribution is 7.89. The molecular formula is C9H16ClN3O4S. The molecule has 0 aromatic carbocycles. The van der Waals surface area contributed by atoms with Crippen LogP contribution in [0.15, 0.2) is 11.4 Å². The van der Waals surface area contributed by atoms with E-state index in [0.717, 1.165) is 0 Å². The van der Waals surface area contributed by atoms with Crippen LogP contribution in [0.4, 0.5) is 0 Å². The highest BCUT2D eigenvalue weighted by Crippen LogP contribution is 2.18. The Balaban J connectivity index is 2.74. The summed E-state index contributed by atoms with van der Waals surface area (Å²) in [6, 6.07) is 0. The number of hydrogen-bond donors (Lipinski definition) is 1. The zero-order valence-electron chi connectivity index (χ0n) is 10.4. The first kappa shape index (κ1) is 15.4. The number of ether oxygens (including phenoxy) is 2. The van der Waals surface area contributed by atoms with E-state index in [-0.39, 0.29) is 29.4 Å². The molecule has 0 aliphatic rings. The normalized spacial score (nSPS) is 13.8. The monoisotopic (exact) mass is 297 g/mol. The lowest BCUT2D eigenvalue weighted by atomic mass is 10.4. The maximum Gasteiger partial charge on any atom is 0.261 e.